The van der Waals surface area contributed by atoms with E-state index in [2.05, 4.69) is 188 Å². The molecular formula is C56H60N8O. The van der Waals surface area contributed by atoms with Gasteiger partial charge in [0.2, 0.25) is 0 Å². The Morgan fingerprint density at radius 2 is 1.34 bits per heavy atom. The van der Waals surface area contributed by atoms with Crippen LogP contribution in [0.2, 0.25) is 0 Å². The molecule has 0 atom stereocenters. The van der Waals surface area contributed by atoms with E-state index >= 15 is 0 Å². The second kappa shape index (κ2) is 19.9. The Kier molecular flexibility index (Phi) is 13.3. The number of nitrogens with zero attached hydrogens (tertiary/aromatic N) is 7. The van der Waals surface area contributed by atoms with Crippen molar-refractivity contribution in [2.75, 3.05) is 11.4 Å². The van der Waals surface area contributed by atoms with Gasteiger partial charge >= 0.3 is 6.03 Å². The van der Waals surface area contributed by atoms with Crippen LogP contribution in [0.15, 0.2) is 152 Å². The second-order valence-electron chi connectivity index (χ2n) is 17.5. The molecule has 1 aliphatic rings. The number of aryl methyl sites for hydroxylation is 1. The van der Waals surface area contributed by atoms with Crippen LogP contribution in [0.25, 0.3) is 39.2 Å². The molecule has 6 aromatic carbocycles. The summed E-state index contributed by atoms with van der Waals surface area (Å²) >= 11 is 0. The molecule has 1 N–H and O–H groups in total. The summed E-state index contributed by atoms with van der Waals surface area (Å²) in [7, 11) is 0. The molecule has 0 spiro atoms. The van der Waals surface area contributed by atoms with Gasteiger partial charge in [-0.25, -0.2) is 14.5 Å². The van der Waals surface area contributed by atoms with E-state index in [-0.39, 0.29) is 12.1 Å². The molecule has 0 aliphatic heterocycles. The molecule has 2 heterocycles. The van der Waals surface area contributed by atoms with Crippen molar-refractivity contribution in [1.82, 2.24) is 35.1 Å². The fraction of sp³-hybridized carbons (Fsp3) is 0.304. The minimum Gasteiger partial charge on any atom is -0.335 e. The lowest BCUT2D eigenvalue weighted by molar-refractivity contribution is 0.238. The van der Waals surface area contributed by atoms with Crippen LogP contribution in [0.5, 0.6) is 0 Å². The largest absolute Gasteiger partial charge is 0.335 e. The zero-order valence-corrected chi connectivity index (χ0v) is 38.0. The third-order valence-electron chi connectivity index (χ3n) is 13.3. The second-order valence-corrected chi connectivity index (χ2v) is 17.5. The van der Waals surface area contributed by atoms with Crippen molar-refractivity contribution < 1.29 is 4.79 Å². The molecule has 9 nitrogen and oxygen atoms in total. The van der Waals surface area contributed by atoms with Gasteiger partial charge in [0.25, 0.3) is 0 Å². The van der Waals surface area contributed by atoms with Gasteiger partial charge in [0.1, 0.15) is 11.4 Å². The molecule has 0 saturated heterocycles. The summed E-state index contributed by atoms with van der Waals surface area (Å²) < 4.78 is 4.37. The van der Waals surface area contributed by atoms with Gasteiger partial charge in [-0.1, -0.05) is 180 Å². The summed E-state index contributed by atoms with van der Waals surface area (Å²) in [5.41, 5.74) is 9.99. The molecule has 1 aliphatic carbocycles. The van der Waals surface area contributed by atoms with Gasteiger partial charge < -0.3 is 5.32 Å². The molecule has 2 aromatic heterocycles. The summed E-state index contributed by atoms with van der Waals surface area (Å²) in [5, 5.41) is 17.9. The molecule has 8 aromatic rings. The summed E-state index contributed by atoms with van der Waals surface area (Å²) in [6.07, 6.45) is 11.6. The molecule has 0 radical (unpaired) electrons. The van der Waals surface area contributed by atoms with Crippen LogP contribution in [-0.2, 0) is 12.0 Å². The Balaban J connectivity index is 1.25. The van der Waals surface area contributed by atoms with E-state index in [0.29, 0.717) is 12.4 Å². The molecular weight excluding hydrogens is 801 g/mol. The number of imidazole rings is 1. The van der Waals surface area contributed by atoms with Gasteiger partial charge in [-0.3, -0.25) is 9.47 Å². The number of aromatic nitrogens is 6. The van der Waals surface area contributed by atoms with Crippen LogP contribution in [0, 0.1) is 6.92 Å². The third kappa shape index (κ3) is 8.60. The lowest BCUT2D eigenvalue weighted by Gasteiger charge is -2.36. The van der Waals surface area contributed by atoms with Crippen molar-refractivity contribution >= 4 is 22.8 Å². The average Bonchev–Trinajstić information content (AvgIpc) is 3.99. The number of unbranched alkanes of at least 4 members (excludes halogenated alkanes) is 3. The molecule has 9 rings (SSSR count). The Morgan fingerprint density at radius 3 is 1.95 bits per heavy atom. The van der Waals surface area contributed by atoms with Crippen molar-refractivity contribution in [3.8, 4) is 28.2 Å². The number of amides is 2. The maximum Gasteiger partial charge on any atom is 0.322 e. The lowest BCUT2D eigenvalue weighted by atomic mass is 9.76. The first-order valence-corrected chi connectivity index (χ1v) is 23.8. The molecule has 65 heavy (non-hydrogen) atoms. The standard InChI is InChI=1S/C56H60N8O/c1-4-6-23-39-62(55(65)57-46-32-21-12-22-33-46)47-35-37-51-49(40-47)58-52(34-7-5-2)63(51)50-38-36-48(42-24-13-8-14-25-42)53(41(50)3)54-59-60-61-64(54)56(43-26-15-9-16-27-43,44-28-17-10-18-29-44)45-30-19-11-20-31-45/h8-11,13-20,24-31,35-38,40,46H,4-7,12,21-23,32-34,39H2,1-3H3,(H,57,65). The van der Waals surface area contributed by atoms with Gasteiger partial charge in [-0.15, -0.1) is 5.10 Å². The van der Waals surface area contributed by atoms with Crippen LogP contribution in [0.1, 0.15) is 106 Å². The van der Waals surface area contributed by atoms with Crippen LogP contribution in [0.4, 0.5) is 10.5 Å². The highest BCUT2D eigenvalue weighted by Gasteiger charge is 2.42. The Morgan fingerprint density at radius 1 is 0.723 bits per heavy atom. The number of hydrogen-bond acceptors (Lipinski definition) is 5. The number of hydrogen-bond donors (Lipinski definition) is 1. The molecule has 1 fully saturated rings. The monoisotopic (exact) mass is 860 g/mol. The van der Waals surface area contributed by atoms with Crippen molar-refractivity contribution in [3.05, 3.63) is 180 Å². The summed E-state index contributed by atoms with van der Waals surface area (Å²) in [4.78, 5) is 21.4. The van der Waals surface area contributed by atoms with Gasteiger partial charge in [-0.2, -0.15) is 0 Å². The fourth-order valence-electron chi connectivity index (χ4n) is 9.99. The van der Waals surface area contributed by atoms with E-state index in [1.165, 1.54) is 19.3 Å². The minimum atomic E-state index is -0.935. The molecule has 330 valence electrons. The van der Waals surface area contributed by atoms with Crippen LogP contribution in [0.3, 0.4) is 0 Å². The number of urea groups is 1. The zero-order chi connectivity index (χ0) is 44.6. The van der Waals surface area contributed by atoms with Crippen molar-refractivity contribution in [3.63, 3.8) is 0 Å². The van der Waals surface area contributed by atoms with Crippen LogP contribution in [-0.4, -0.2) is 48.4 Å². The number of rotatable bonds is 16. The Hall–Kier alpha value is -6.87. The number of carbonyl (C=O) groups excluding carboxylic acids is 1. The summed E-state index contributed by atoms with van der Waals surface area (Å²) in [6.45, 7) is 7.28. The van der Waals surface area contributed by atoms with E-state index in [0.717, 1.165) is 119 Å². The number of anilines is 1. The summed E-state index contributed by atoms with van der Waals surface area (Å²) in [6, 6.07) is 53.3. The van der Waals surface area contributed by atoms with E-state index in [9.17, 15) is 4.79 Å². The van der Waals surface area contributed by atoms with E-state index in [4.69, 9.17) is 15.3 Å². The van der Waals surface area contributed by atoms with Crippen molar-refractivity contribution in [2.24, 2.45) is 0 Å². The maximum absolute atomic E-state index is 14.1. The van der Waals surface area contributed by atoms with Crippen LogP contribution < -0.4 is 10.2 Å². The molecule has 1 saturated carbocycles. The Labute approximate surface area is 383 Å². The molecule has 2 amide bonds. The van der Waals surface area contributed by atoms with Gasteiger partial charge in [0, 0.05) is 30.3 Å². The van der Waals surface area contributed by atoms with Gasteiger partial charge in [0.15, 0.2) is 5.82 Å². The molecule has 0 unspecified atom stereocenters. The van der Waals surface area contributed by atoms with E-state index in [1.54, 1.807) is 0 Å². The topological polar surface area (TPSA) is 93.8 Å². The van der Waals surface area contributed by atoms with E-state index in [1.807, 2.05) is 9.58 Å². The average molecular weight is 861 g/mol. The van der Waals surface area contributed by atoms with Crippen LogP contribution >= 0.6 is 0 Å². The smallest absolute Gasteiger partial charge is 0.322 e. The fourth-order valence-corrected chi connectivity index (χ4v) is 9.99. The first-order chi connectivity index (χ1) is 32.0. The van der Waals surface area contributed by atoms with Crippen molar-refractivity contribution in [2.45, 2.75) is 103 Å². The van der Waals surface area contributed by atoms with Gasteiger partial charge in [-0.05, 0) is 101 Å². The SMILES string of the molecule is CCCCCN(C(=O)NC1CCCCC1)c1ccc2c(c1)nc(CCCC)n2-c1ccc(-c2ccccc2)c(-c2nnnn2C(c2ccccc2)(c2ccccc2)c2ccccc2)c1C. The zero-order valence-electron chi connectivity index (χ0n) is 38.0. The van der Waals surface area contributed by atoms with Crippen molar-refractivity contribution in [1.29, 1.82) is 0 Å². The number of nitrogens with one attached hydrogen (secondary N) is 1. The highest BCUT2D eigenvalue weighted by atomic mass is 16.2. The molecule has 0 bridgehead atoms. The van der Waals surface area contributed by atoms with Gasteiger partial charge in [0.05, 0.1) is 16.7 Å². The third-order valence-corrected chi connectivity index (χ3v) is 13.3. The lowest BCUT2D eigenvalue weighted by Crippen LogP contribution is -2.46. The maximum atomic E-state index is 14.1. The highest BCUT2D eigenvalue weighted by molar-refractivity contribution is 5.95. The quantitative estimate of drug-likeness (QED) is 0.0771. The number of fused-ring (bicyclic) bond motifs is 1. The summed E-state index contributed by atoms with van der Waals surface area (Å²) in [5.74, 6) is 1.63. The first kappa shape index (κ1) is 43.4. The molecule has 9 heteroatoms. The number of carbonyl (C=O) groups is 1. The highest BCUT2D eigenvalue weighted by Crippen LogP contribution is 2.45. The number of benzene rings is 6. The van der Waals surface area contributed by atoms with E-state index < -0.39 is 5.54 Å². The normalized spacial score (nSPS) is 13.3. The first-order valence-electron chi connectivity index (χ1n) is 23.8. The minimum absolute atomic E-state index is 0.00900. The predicted molar refractivity (Wildman–Crippen MR) is 264 cm³/mol. The Bertz CT molecular complexity index is 2720. The number of tetrazole rings is 1. The predicted octanol–water partition coefficient (Wildman–Crippen LogP) is 12.9.